The van der Waals surface area contributed by atoms with Gasteiger partial charge in [0.05, 0.1) is 101 Å². The van der Waals surface area contributed by atoms with Crippen molar-refractivity contribution < 1.29 is 73.0 Å². The third kappa shape index (κ3) is 27.8. The highest BCUT2D eigenvalue weighted by Crippen LogP contribution is 2.55. The van der Waals surface area contributed by atoms with Gasteiger partial charge in [0.1, 0.15) is 41.2 Å². The molecule has 0 aromatic carbocycles. The molecule has 744 valence electrons. The number of nitrogens with one attached hydrogen (secondary N) is 6. The number of terminal acetylenes is 1. The standard InChI is InChI=1S/C36H46N6O4S2.C19H24BrN3OS2.C18H22BrN3O2S2.C17H23N3O3.C7H13NO4.CH3F/c1-20(2)22(5)34(43)42-14-8-10-28(42)33-38-19-26(39-33)29-17-31-30(48-29)16-24(47-31)12-11-23-15-25(37-18-23)27-9-7-13-41(27)35(44)32(21(3)4)40-36(45)46-6;1-10(2)11(3)19(24)23-6-4-5-13(23)18-21-9-12(22-18)14-7-15-16(25-14)8-17(20)26-15;1-18(2,3)24-17(23)22-6-4-5-11(22)16-20-9-10(21-16)12-7-13-14(25-12)8-15(19)26-13;1-5-12-9-13(18-10-12)14-7-6-8-20(14)16(21)15(11(2)3)19-17(22)23-4;1-4(2)5(6(9)10)8-7(11)12-3;1-2/h16-22,27-28,30-32H,7-10,13-15H2,1-6H3,(H,38,39)(H,40,45);7-11,13,15-16H,4-6H2,1-3H3,(H,21,22);7-9,11,13-14H,4-6H2,1-3H3,(H,20,21);1,10-11,14-15H,6-9H2,2-4H3,(H,19,22);4-5H,1-3H3,(H,8,11)(H,9,10);1H3/t22-,27-,28-,30?,31?,32-;11-,13-,15?,16?;11-,13?,14?;14-,15-;5-;/m00000./s1/i;;;;;1D. The van der Waals surface area contributed by atoms with Gasteiger partial charge in [-0.1, -0.05) is 119 Å². The van der Waals surface area contributed by atoms with Gasteiger partial charge in [0.15, 0.2) is 0 Å². The number of fused-ring (bicyclic) bond motifs is 3. The first-order chi connectivity index (χ1) is 65.6. The summed E-state index contributed by atoms with van der Waals surface area (Å²) >= 11 is 18.3. The molecule has 16 heterocycles. The van der Waals surface area contributed by atoms with Gasteiger partial charge in [0.25, 0.3) is 0 Å². The predicted molar refractivity (Wildman–Crippen MR) is 554 cm³/mol. The lowest BCUT2D eigenvalue weighted by Crippen LogP contribution is -2.53. The van der Waals surface area contributed by atoms with E-state index >= 15 is 0 Å². The molecule has 7 N–H and O–H groups in total. The van der Waals surface area contributed by atoms with E-state index in [2.05, 4.69) is 169 Å². The number of H-pyrrole nitrogens is 3. The Kier molecular flexibility index (Phi) is 38.9. The number of aromatic amines is 3. The Labute approximate surface area is 848 Å². The highest BCUT2D eigenvalue weighted by Gasteiger charge is 2.45. The number of amides is 8. The fourth-order valence-electron chi connectivity index (χ4n) is 17.7. The zero-order valence-corrected chi connectivity index (χ0v) is 89.2. The number of thioether (sulfide) groups is 6. The number of rotatable bonds is 21. The van der Waals surface area contributed by atoms with Crippen molar-refractivity contribution in [2.24, 2.45) is 51.4 Å². The van der Waals surface area contributed by atoms with Gasteiger partial charge in [-0.15, -0.1) is 77.0 Å². The summed E-state index contributed by atoms with van der Waals surface area (Å²) in [6.07, 6.45) is 36.9. The van der Waals surface area contributed by atoms with Crippen LogP contribution in [0.25, 0.3) is 14.7 Å². The van der Waals surface area contributed by atoms with Crippen LogP contribution in [0, 0.1) is 65.6 Å². The van der Waals surface area contributed by atoms with Crippen LogP contribution in [-0.2, 0) is 42.9 Å². The molecule has 0 saturated carbocycles. The van der Waals surface area contributed by atoms with Crippen molar-refractivity contribution in [2.45, 2.75) is 266 Å². The van der Waals surface area contributed by atoms with E-state index in [4.69, 9.17) is 32.4 Å². The zero-order valence-electron chi connectivity index (χ0n) is 82.1. The van der Waals surface area contributed by atoms with Crippen LogP contribution in [0.3, 0.4) is 0 Å². The Hall–Kier alpha value is -8.57. The number of hydrogen-bond acceptors (Lipinski definition) is 24. The molecule has 0 aliphatic carbocycles. The van der Waals surface area contributed by atoms with Crippen molar-refractivity contribution >= 4 is 183 Å². The molecule has 16 atom stereocenters. The monoisotopic (exact) mass is 2130 g/mol. The Morgan fingerprint density at radius 3 is 1.14 bits per heavy atom. The zero-order chi connectivity index (χ0) is 100. The predicted octanol–water partition coefficient (Wildman–Crippen LogP) is 19.1. The number of methoxy groups -OCH3 is 3. The van der Waals surface area contributed by atoms with E-state index in [1.54, 1.807) is 36.7 Å². The van der Waals surface area contributed by atoms with E-state index in [9.17, 15) is 47.5 Å². The lowest BCUT2D eigenvalue weighted by molar-refractivity contribution is -0.140. The Bertz CT molecular complexity index is 5370. The number of ether oxygens (including phenoxy) is 4. The minimum Gasteiger partial charge on any atom is -0.480 e. The number of nitrogens with zero attached hydrogens (tertiary/aromatic N) is 10. The number of likely N-dealkylation sites (tertiary alicyclic amines) is 5. The van der Waals surface area contributed by atoms with Crippen molar-refractivity contribution in [2.75, 3.05) is 61.2 Å². The number of aromatic nitrogens is 6. The Morgan fingerprint density at radius 2 is 0.803 bits per heavy atom. The molecular formula is C98H131Br2FN16O14S6. The third-order valence-corrected chi connectivity index (χ3v) is 35.1. The second kappa shape index (κ2) is 49.7. The van der Waals surface area contributed by atoms with Crippen LogP contribution >= 0.6 is 102 Å². The van der Waals surface area contributed by atoms with Crippen molar-refractivity contribution in [3.8, 4) is 24.2 Å². The maximum absolute atomic E-state index is 13.5. The molecule has 39 heteroatoms. The summed E-state index contributed by atoms with van der Waals surface area (Å²) in [5.41, 5.74) is 6.34. The molecular weight excluding hydrogens is 2000 g/mol. The van der Waals surface area contributed by atoms with Crippen molar-refractivity contribution in [3.05, 3.63) is 126 Å². The number of alkyl halides is 1. The van der Waals surface area contributed by atoms with E-state index in [1.165, 1.54) is 43.7 Å². The van der Waals surface area contributed by atoms with Gasteiger partial charge in [0.2, 0.25) is 23.6 Å². The maximum Gasteiger partial charge on any atom is 0.410 e. The normalized spacial score (nSPS) is 24.8. The van der Waals surface area contributed by atoms with Gasteiger partial charge in [-0.3, -0.25) is 38.5 Å². The van der Waals surface area contributed by atoms with E-state index in [1.807, 2.05) is 166 Å². The number of hydrogen-bond donors (Lipinski definition) is 7. The SMILES string of the molecule is C#CC1=CN=C([C@@H]2CCCN2C(=O)[C@@H](NC(=O)OC)C(C)C)C1.CC(C)(C)OC(=O)N1CCC[C@H]1c1ncc(C2=CC3SC(Br)=CC3S2)[nH]1.CC(C)[C@H](C)C(=O)N1CCC[C@H]1c1ncc(C2=CC3SC(Br)=CC3S2)[nH]1.COC(=O)N[C@H](C(=O)N1CCC[C@H]1C1=NC=C(C#CC2=CC3SC(c4cnc([C@@H]5CCCN5C(=O)[C@@H](C)C(C)C)[nH]4)=CC3S2)C1)C(C)C.COC(=O)N[C@H](C(=O)O)C(C)C.[2H]CF. The second-order valence-electron chi connectivity index (χ2n) is 38.0. The first-order valence-corrected chi connectivity index (χ1v) is 53.6. The van der Waals surface area contributed by atoms with Crippen LogP contribution in [-0.4, -0.2) is 253 Å². The average molecular weight is 2130 g/mol. The minimum atomic E-state index is -1.06. The van der Waals surface area contributed by atoms with E-state index < -0.39 is 55.1 Å². The van der Waals surface area contributed by atoms with Crippen LogP contribution in [0.5, 0.6) is 0 Å². The van der Waals surface area contributed by atoms with Crippen LogP contribution in [0.1, 0.15) is 235 Å². The molecule has 5 saturated heterocycles. The number of aliphatic imine (C=N–C) groups is 2. The molecule has 6 unspecified atom stereocenters. The lowest BCUT2D eigenvalue weighted by atomic mass is 9.96. The van der Waals surface area contributed by atoms with E-state index in [0.29, 0.717) is 75.8 Å². The summed E-state index contributed by atoms with van der Waals surface area (Å²) in [5, 5.41) is 18.8. The molecule has 5 fully saturated rings. The molecule has 3 aromatic rings. The fraction of sp³-hybridized carbons (Fsp3) is 0.592. The van der Waals surface area contributed by atoms with Crippen molar-refractivity contribution in [1.82, 2.24) is 70.4 Å². The van der Waals surface area contributed by atoms with Gasteiger partial charge in [-0.2, -0.15) is 0 Å². The van der Waals surface area contributed by atoms with Gasteiger partial charge in [-0.05, 0) is 165 Å². The molecule has 30 nitrogen and oxygen atoms in total. The number of aliphatic carboxylic acids is 1. The summed E-state index contributed by atoms with van der Waals surface area (Å²) in [5.74, 6) is 11.7. The number of halogens is 3. The van der Waals surface area contributed by atoms with Crippen molar-refractivity contribution in [1.29, 1.82) is 0 Å². The van der Waals surface area contributed by atoms with Gasteiger partial charge >= 0.3 is 30.3 Å². The van der Waals surface area contributed by atoms with Crippen LogP contribution in [0.4, 0.5) is 23.6 Å². The molecule has 0 radical (unpaired) electrons. The van der Waals surface area contributed by atoms with Crippen molar-refractivity contribution in [3.63, 3.8) is 0 Å². The number of carboxylic acid groups (broad SMARTS) is 1. The molecule has 137 heavy (non-hydrogen) atoms. The average Bonchev–Trinajstić information content (AvgIpc) is 1.62. The highest BCUT2D eigenvalue weighted by molar-refractivity contribution is 9.14. The number of carbonyl (C=O) groups is 9. The molecule has 16 rings (SSSR count). The summed E-state index contributed by atoms with van der Waals surface area (Å²) in [7, 11) is 2.78. The first kappa shape index (κ1) is 107. The van der Waals surface area contributed by atoms with E-state index in [0.717, 1.165) is 139 Å². The number of imidazole rings is 3. The van der Waals surface area contributed by atoms with Crippen LogP contribution < -0.4 is 16.0 Å². The summed E-state index contributed by atoms with van der Waals surface area (Å²) < 4.78 is 37.2. The molecule has 13 aliphatic heterocycles. The molecule has 3 aromatic heterocycles. The third-order valence-electron chi connectivity index (χ3n) is 25.7. The highest BCUT2D eigenvalue weighted by atomic mass is 79.9. The smallest absolute Gasteiger partial charge is 0.410 e. The largest absolute Gasteiger partial charge is 0.480 e. The van der Waals surface area contributed by atoms with Crippen LogP contribution in [0.2, 0.25) is 0 Å². The summed E-state index contributed by atoms with van der Waals surface area (Å²) in [6, 6.07) is -2.19. The quantitative estimate of drug-likeness (QED) is 0.0385. The minimum absolute atomic E-state index is 0.00215. The maximum atomic E-state index is 13.5. The van der Waals surface area contributed by atoms with Gasteiger partial charge in [0, 0.05) is 146 Å². The number of alkyl carbamates (subject to hydrolysis) is 3. The first-order valence-electron chi connectivity index (χ1n) is 47.5. The lowest BCUT2D eigenvalue weighted by Gasteiger charge is -2.31. The fourth-order valence-corrected chi connectivity index (χ4v) is 27.7. The molecule has 0 bridgehead atoms. The number of allylic oxidation sites excluding steroid dienone is 3. The Morgan fingerprint density at radius 1 is 0.474 bits per heavy atom. The number of carbonyl (C=O) groups excluding carboxylic acids is 8. The molecule has 0 spiro atoms. The summed E-state index contributed by atoms with van der Waals surface area (Å²) in [6.45, 7) is 32.9. The van der Waals surface area contributed by atoms with Gasteiger partial charge < -0.3 is 74.6 Å². The molecule has 8 amide bonds. The van der Waals surface area contributed by atoms with E-state index in [-0.39, 0.29) is 89.5 Å². The Balaban J connectivity index is 0.000000175. The van der Waals surface area contributed by atoms with Crippen LogP contribution in [0.15, 0.2) is 101 Å². The number of carboxylic acids is 1. The van der Waals surface area contributed by atoms with Gasteiger partial charge in [-0.25, -0.2) is 38.9 Å². The topological polar surface area (TPSA) is 374 Å². The molecule has 13 aliphatic rings. The summed E-state index contributed by atoms with van der Waals surface area (Å²) in [4.78, 5) is 157. The second-order valence-corrected chi connectivity index (χ2v) is 48.0.